The summed E-state index contributed by atoms with van der Waals surface area (Å²) >= 11 is 0. The van der Waals surface area contributed by atoms with Gasteiger partial charge in [0.1, 0.15) is 0 Å². The number of hydrogen-bond donors (Lipinski definition) is 0. The Hall–Kier alpha value is 0.604. The third-order valence-electron chi connectivity index (χ3n) is 2.75. The molecule has 0 amide bonds. The maximum Gasteiger partial charge on any atom is 2.00 e. The van der Waals surface area contributed by atoms with Crippen molar-refractivity contribution in [2.45, 2.75) is 71.1 Å². The molecule has 0 aliphatic heterocycles. The van der Waals surface area contributed by atoms with E-state index in [-0.39, 0.29) is 23.1 Å². The second kappa shape index (κ2) is 14.0. The zero-order valence-corrected chi connectivity index (χ0v) is 13.1. The van der Waals surface area contributed by atoms with Crippen LogP contribution in [-0.2, 0) is 25.6 Å². The summed E-state index contributed by atoms with van der Waals surface area (Å²) in [5, 5.41) is 0. The summed E-state index contributed by atoms with van der Waals surface area (Å²) in [7, 11) is -4.74. The van der Waals surface area contributed by atoms with Gasteiger partial charge in [-0.1, -0.05) is 64.7 Å². The molecule has 0 aromatic heterocycles. The number of rotatable bonds is 12. The molecule has 0 unspecified atom stereocenters. The van der Waals surface area contributed by atoms with Crippen molar-refractivity contribution in [3.05, 3.63) is 0 Å². The van der Waals surface area contributed by atoms with E-state index in [2.05, 4.69) is 11.4 Å². The van der Waals surface area contributed by atoms with Gasteiger partial charge < -0.3 is 18.9 Å². The standard InChI is InChI=1S/C12H27O4P.Ni/c1-2-3-4-5-6-7-8-9-10-11-12-16-17(13,14)15;/h2-12H2,1H3,(H2,13,14,15);/q;+2/p-2. The first-order valence-electron chi connectivity index (χ1n) is 6.73. The van der Waals surface area contributed by atoms with Crippen LogP contribution in [0.15, 0.2) is 0 Å². The molecule has 18 heavy (non-hydrogen) atoms. The molecule has 0 saturated heterocycles. The monoisotopic (exact) mass is 322 g/mol. The molecule has 0 heterocycles. The minimum atomic E-state index is -4.74. The Morgan fingerprint density at radius 1 is 0.833 bits per heavy atom. The Morgan fingerprint density at radius 3 is 1.61 bits per heavy atom. The summed E-state index contributed by atoms with van der Waals surface area (Å²) in [6.45, 7) is 2.26. The molecule has 0 fully saturated rings. The normalized spacial score (nSPS) is 11.3. The smallest absolute Gasteiger partial charge is 0.790 e. The Morgan fingerprint density at radius 2 is 1.22 bits per heavy atom. The van der Waals surface area contributed by atoms with Crippen LogP contribution in [-0.4, -0.2) is 6.61 Å². The van der Waals surface area contributed by atoms with Crippen molar-refractivity contribution in [1.82, 2.24) is 0 Å². The van der Waals surface area contributed by atoms with Gasteiger partial charge in [-0.05, 0) is 6.42 Å². The van der Waals surface area contributed by atoms with E-state index in [1.165, 1.54) is 44.9 Å². The van der Waals surface area contributed by atoms with Crippen molar-refractivity contribution >= 4 is 7.82 Å². The van der Waals surface area contributed by atoms with Crippen LogP contribution in [0.3, 0.4) is 0 Å². The maximum absolute atomic E-state index is 10.1. The van der Waals surface area contributed by atoms with E-state index in [0.29, 0.717) is 6.42 Å². The Kier molecular flexibility index (Phi) is 16.3. The molecule has 0 N–H and O–H groups in total. The molecule has 0 saturated carbocycles. The van der Waals surface area contributed by atoms with Crippen LogP contribution >= 0.6 is 7.82 Å². The average Bonchev–Trinajstić information content (AvgIpc) is 2.24. The molecule has 0 aliphatic carbocycles. The Bertz CT molecular complexity index is 208. The maximum atomic E-state index is 10.1. The largest absolute Gasteiger partial charge is 2.00 e. The third-order valence-corrected chi connectivity index (χ3v) is 3.25. The summed E-state index contributed by atoms with van der Waals surface area (Å²) in [4.78, 5) is 20.3. The molecule has 0 spiro atoms. The van der Waals surface area contributed by atoms with Gasteiger partial charge in [-0.3, -0.25) is 0 Å². The fourth-order valence-corrected chi connectivity index (χ4v) is 2.12. The molecule has 0 aromatic carbocycles. The van der Waals surface area contributed by atoms with Crippen LogP contribution in [0, 0.1) is 0 Å². The quantitative estimate of drug-likeness (QED) is 0.314. The van der Waals surface area contributed by atoms with Crippen molar-refractivity contribution in [2.24, 2.45) is 0 Å². The van der Waals surface area contributed by atoms with E-state index in [1.807, 2.05) is 0 Å². The van der Waals surface area contributed by atoms with Crippen molar-refractivity contribution in [1.29, 1.82) is 0 Å². The van der Waals surface area contributed by atoms with E-state index in [9.17, 15) is 14.4 Å². The first-order valence-corrected chi connectivity index (χ1v) is 8.19. The molecule has 0 radical (unpaired) electrons. The van der Waals surface area contributed by atoms with Crippen LogP contribution in [0.5, 0.6) is 0 Å². The van der Waals surface area contributed by atoms with E-state index in [1.54, 1.807) is 0 Å². The van der Waals surface area contributed by atoms with E-state index >= 15 is 0 Å². The molecule has 0 aliphatic rings. The van der Waals surface area contributed by atoms with Crippen LogP contribution in [0.2, 0.25) is 0 Å². The molecule has 0 aromatic rings. The van der Waals surface area contributed by atoms with Crippen LogP contribution in [0.25, 0.3) is 0 Å². The van der Waals surface area contributed by atoms with Crippen molar-refractivity contribution in [2.75, 3.05) is 6.61 Å². The summed E-state index contributed by atoms with van der Waals surface area (Å²) in [5.74, 6) is 0. The topological polar surface area (TPSA) is 72.4 Å². The molecule has 0 bridgehead atoms. The first kappa shape index (κ1) is 20.9. The molecular formula is C12H25NiO4P. The number of phosphoric acid groups is 1. The van der Waals surface area contributed by atoms with Gasteiger partial charge in [-0.25, -0.2) is 0 Å². The summed E-state index contributed by atoms with van der Waals surface area (Å²) in [5.41, 5.74) is 0. The SMILES string of the molecule is CCCCCCCCCCCCOP(=O)([O-])[O-].[Ni+2]. The summed E-state index contributed by atoms with van der Waals surface area (Å²) < 4.78 is 14.3. The first-order chi connectivity index (χ1) is 8.06. The average molecular weight is 323 g/mol. The van der Waals surface area contributed by atoms with Gasteiger partial charge >= 0.3 is 16.5 Å². The molecule has 112 valence electrons. The predicted octanol–water partition coefficient (Wildman–Crippen LogP) is 2.75. The van der Waals surface area contributed by atoms with E-state index < -0.39 is 7.82 Å². The van der Waals surface area contributed by atoms with Crippen molar-refractivity contribution < 1.29 is 35.4 Å². The van der Waals surface area contributed by atoms with Crippen LogP contribution < -0.4 is 9.79 Å². The minimum Gasteiger partial charge on any atom is -0.790 e. The van der Waals surface area contributed by atoms with Gasteiger partial charge in [0.25, 0.3) is 0 Å². The van der Waals surface area contributed by atoms with E-state index in [0.717, 1.165) is 12.8 Å². The Balaban J connectivity index is 0. The van der Waals surface area contributed by atoms with Crippen LogP contribution in [0.1, 0.15) is 71.1 Å². The number of hydrogen-bond acceptors (Lipinski definition) is 4. The van der Waals surface area contributed by atoms with Gasteiger partial charge in [0, 0.05) is 0 Å². The minimum absolute atomic E-state index is 0. The fourth-order valence-electron chi connectivity index (χ4n) is 1.77. The van der Waals surface area contributed by atoms with Gasteiger partial charge in [0.15, 0.2) is 0 Å². The second-order valence-corrected chi connectivity index (χ2v) is 5.62. The summed E-state index contributed by atoms with van der Waals surface area (Å²) in [6.07, 6.45) is 11.7. The summed E-state index contributed by atoms with van der Waals surface area (Å²) in [6, 6.07) is 0. The molecule has 6 heteroatoms. The van der Waals surface area contributed by atoms with Gasteiger partial charge in [0.2, 0.25) is 0 Å². The molecule has 0 rings (SSSR count). The van der Waals surface area contributed by atoms with Crippen molar-refractivity contribution in [3.8, 4) is 0 Å². The third kappa shape index (κ3) is 19.0. The zero-order chi connectivity index (χ0) is 13.0. The molecule has 4 nitrogen and oxygen atoms in total. The van der Waals surface area contributed by atoms with Gasteiger partial charge in [0.05, 0.1) is 14.4 Å². The second-order valence-electron chi connectivity index (χ2n) is 4.46. The predicted molar refractivity (Wildman–Crippen MR) is 65.4 cm³/mol. The van der Waals surface area contributed by atoms with Gasteiger partial charge in [-0.2, -0.15) is 0 Å². The molecule has 0 atom stereocenters. The molecular weight excluding hydrogens is 298 g/mol. The van der Waals surface area contributed by atoms with E-state index in [4.69, 9.17) is 0 Å². The zero-order valence-electron chi connectivity index (χ0n) is 11.2. The Labute approximate surface area is 121 Å². The number of unbranched alkanes of at least 4 members (excludes halogenated alkanes) is 9. The van der Waals surface area contributed by atoms with Gasteiger partial charge in [-0.15, -0.1) is 0 Å². The van der Waals surface area contributed by atoms with Crippen LogP contribution in [0.4, 0.5) is 0 Å². The number of phosphoric ester groups is 1. The van der Waals surface area contributed by atoms with Crippen molar-refractivity contribution in [3.63, 3.8) is 0 Å². The fraction of sp³-hybridized carbons (Fsp3) is 1.00.